The van der Waals surface area contributed by atoms with Crippen molar-refractivity contribution in [2.24, 2.45) is 0 Å². The van der Waals surface area contributed by atoms with Gasteiger partial charge in [-0.2, -0.15) is 0 Å². The average molecular weight is 641 g/mol. The fourth-order valence-electron chi connectivity index (χ4n) is 3.49. The summed E-state index contributed by atoms with van der Waals surface area (Å²) in [5, 5.41) is 0.499. The minimum atomic E-state index is -0.420. The van der Waals surface area contributed by atoms with E-state index in [1.54, 1.807) is 30.3 Å². The summed E-state index contributed by atoms with van der Waals surface area (Å²) in [6, 6.07) is 14.3. The molecule has 1 aliphatic rings. The van der Waals surface area contributed by atoms with Crippen LogP contribution in [0, 0.1) is 5.82 Å². The fourth-order valence-corrected chi connectivity index (χ4v) is 5.25. The molecule has 0 saturated carbocycles. The van der Waals surface area contributed by atoms with Crippen LogP contribution in [0.1, 0.15) is 18.1 Å². The second-order valence-corrected chi connectivity index (χ2v) is 10.6. The van der Waals surface area contributed by atoms with Crippen LogP contribution in [-0.4, -0.2) is 35.8 Å². The molecule has 0 bridgehead atoms. The van der Waals surface area contributed by atoms with E-state index in [1.165, 1.54) is 24.3 Å². The Morgan fingerprint density at radius 1 is 1.00 bits per heavy atom. The molecule has 3 aromatic carbocycles. The van der Waals surface area contributed by atoms with Crippen molar-refractivity contribution in [2.45, 2.75) is 13.5 Å². The number of nitrogens with zero attached hydrogens (tertiary/aromatic N) is 1. The number of thioether (sulfide) groups is 1. The zero-order chi connectivity index (χ0) is 27.2. The molecule has 0 atom stereocenters. The number of benzene rings is 3. The van der Waals surface area contributed by atoms with Gasteiger partial charge in [-0.25, -0.2) is 4.39 Å². The van der Waals surface area contributed by atoms with Gasteiger partial charge in [0.25, 0.3) is 11.1 Å². The highest BCUT2D eigenvalue weighted by Gasteiger charge is 2.35. The molecule has 6 nitrogen and oxygen atoms in total. The number of imide groups is 1. The van der Waals surface area contributed by atoms with E-state index in [9.17, 15) is 14.0 Å². The lowest BCUT2D eigenvalue weighted by atomic mass is 10.1. The second kappa shape index (κ2) is 12.9. The van der Waals surface area contributed by atoms with Gasteiger partial charge in [-0.15, -0.1) is 0 Å². The summed E-state index contributed by atoms with van der Waals surface area (Å²) in [6.45, 7) is 2.62. The van der Waals surface area contributed by atoms with Gasteiger partial charge in [0, 0.05) is 0 Å². The van der Waals surface area contributed by atoms with Crippen molar-refractivity contribution < 1.29 is 28.2 Å². The molecule has 1 heterocycles. The number of halogens is 4. The first-order valence-electron chi connectivity index (χ1n) is 11.4. The Labute approximate surface area is 241 Å². The molecule has 1 fully saturated rings. The standard InChI is InChI=1S/C27H21BrCl2FNO5S/c1-2-35-23-13-17(11-20(28)25(23)37-15-16-3-8-21(29)22(30)12-16)14-24-26(33)32(27(34)38-24)9-10-36-19-6-4-18(31)5-7-19/h3-8,11-14H,2,9-10,15H2,1H3/b24-14-. The van der Waals surface area contributed by atoms with E-state index in [4.69, 9.17) is 37.4 Å². The number of rotatable bonds is 10. The maximum atomic E-state index is 13.0. The largest absolute Gasteiger partial charge is 0.492 e. The van der Waals surface area contributed by atoms with E-state index in [0.717, 1.165) is 22.2 Å². The monoisotopic (exact) mass is 639 g/mol. The van der Waals surface area contributed by atoms with Crippen LogP contribution < -0.4 is 14.2 Å². The second-order valence-electron chi connectivity index (χ2n) is 7.94. The Balaban J connectivity index is 1.46. The van der Waals surface area contributed by atoms with Crippen LogP contribution in [0.3, 0.4) is 0 Å². The Hall–Kier alpha value is -2.72. The lowest BCUT2D eigenvalue weighted by molar-refractivity contribution is -0.123. The maximum absolute atomic E-state index is 13.0. The molecule has 0 radical (unpaired) electrons. The Bertz CT molecular complexity index is 1390. The highest BCUT2D eigenvalue weighted by Crippen LogP contribution is 2.40. The van der Waals surface area contributed by atoms with E-state index < -0.39 is 11.1 Å². The molecule has 0 N–H and O–H groups in total. The van der Waals surface area contributed by atoms with Gasteiger partial charge in [0.2, 0.25) is 0 Å². The van der Waals surface area contributed by atoms with Gasteiger partial charge >= 0.3 is 0 Å². The number of carbonyl (C=O) groups is 2. The first-order chi connectivity index (χ1) is 18.2. The summed E-state index contributed by atoms with van der Waals surface area (Å²) in [5.74, 6) is 0.611. The van der Waals surface area contributed by atoms with Crippen LogP contribution in [0.2, 0.25) is 10.0 Å². The van der Waals surface area contributed by atoms with Crippen LogP contribution in [-0.2, 0) is 11.4 Å². The molecule has 198 valence electrons. The molecule has 0 unspecified atom stereocenters. The van der Waals surface area contributed by atoms with E-state index in [2.05, 4.69) is 15.9 Å². The predicted octanol–water partition coefficient (Wildman–Crippen LogP) is 7.99. The topological polar surface area (TPSA) is 65.1 Å². The molecule has 3 aromatic rings. The van der Waals surface area contributed by atoms with E-state index in [-0.39, 0.29) is 30.5 Å². The smallest absolute Gasteiger partial charge is 0.293 e. The van der Waals surface area contributed by atoms with Gasteiger partial charge in [0.15, 0.2) is 11.5 Å². The summed E-state index contributed by atoms with van der Waals surface area (Å²) in [6.07, 6.45) is 1.63. The molecule has 4 rings (SSSR count). The minimum Gasteiger partial charge on any atom is -0.492 e. The van der Waals surface area contributed by atoms with Gasteiger partial charge in [0.1, 0.15) is 24.8 Å². The average Bonchev–Trinajstić information content (AvgIpc) is 3.14. The Morgan fingerprint density at radius 2 is 1.76 bits per heavy atom. The quantitative estimate of drug-likeness (QED) is 0.209. The number of hydrogen-bond donors (Lipinski definition) is 0. The van der Waals surface area contributed by atoms with Crippen molar-refractivity contribution in [3.05, 3.63) is 91.0 Å². The van der Waals surface area contributed by atoms with Crippen molar-refractivity contribution in [3.8, 4) is 17.2 Å². The zero-order valence-electron chi connectivity index (χ0n) is 20.0. The van der Waals surface area contributed by atoms with Gasteiger partial charge in [-0.3, -0.25) is 14.5 Å². The molecule has 0 aliphatic carbocycles. The highest BCUT2D eigenvalue weighted by molar-refractivity contribution is 9.10. The molecule has 38 heavy (non-hydrogen) atoms. The van der Waals surface area contributed by atoms with Gasteiger partial charge in [-0.1, -0.05) is 29.3 Å². The summed E-state index contributed by atoms with van der Waals surface area (Å²) in [5.41, 5.74) is 1.48. The van der Waals surface area contributed by atoms with Gasteiger partial charge in [0.05, 0.1) is 32.6 Å². The van der Waals surface area contributed by atoms with E-state index in [0.29, 0.717) is 43.9 Å². The molecule has 11 heteroatoms. The SMILES string of the molecule is CCOc1cc(/C=C2\SC(=O)N(CCOc3ccc(F)cc3)C2=O)cc(Br)c1OCc1ccc(Cl)c(Cl)c1. The molecule has 1 saturated heterocycles. The van der Waals surface area contributed by atoms with Crippen LogP contribution in [0.25, 0.3) is 6.08 Å². The fraction of sp³-hybridized carbons (Fsp3) is 0.185. The van der Waals surface area contributed by atoms with Crippen molar-refractivity contribution in [1.82, 2.24) is 4.90 Å². The Kier molecular flexibility index (Phi) is 9.59. The summed E-state index contributed by atoms with van der Waals surface area (Å²) in [4.78, 5) is 26.8. The summed E-state index contributed by atoms with van der Waals surface area (Å²) < 4.78 is 31.0. The van der Waals surface area contributed by atoms with Gasteiger partial charge < -0.3 is 14.2 Å². The third kappa shape index (κ3) is 7.02. The predicted molar refractivity (Wildman–Crippen MR) is 151 cm³/mol. The van der Waals surface area contributed by atoms with Crippen molar-refractivity contribution in [3.63, 3.8) is 0 Å². The van der Waals surface area contributed by atoms with Crippen molar-refractivity contribution >= 4 is 68.1 Å². The molecular weight excluding hydrogens is 620 g/mol. The highest BCUT2D eigenvalue weighted by atomic mass is 79.9. The van der Waals surface area contributed by atoms with Crippen LogP contribution in [0.15, 0.2) is 64.0 Å². The number of carbonyl (C=O) groups excluding carboxylic acids is 2. The van der Waals surface area contributed by atoms with Crippen molar-refractivity contribution in [1.29, 1.82) is 0 Å². The van der Waals surface area contributed by atoms with Crippen molar-refractivity contribution in [2.75, 3.05) is 19.8 Å². The van der Waals surface area contributed by atoms with Crippen LogP contribution in [0.5, 0.6) is 17.2 Å². The number of amides is 2. The summed E-state index contributed by atoms with van der Waals surface area (Å²) in [7, 11) is 0. The number of hydrogen-bond acceptors (Lipinski definition) is 6. The molecule has 1 aliphatic heterocycles. The number of ether oxygens (including phenoxy) is 3. The molecule has 0 aromatic heterocycles. The van der Waals surface area contributed by atoms with Gasteiger partial charge in [-0.05, 0) is 100 Å². The van der Waals surface area contributed by atoms with Crippen LogP contribution >= 0.6 is 50.9 Å². The molecular formula is C27H21BrCl2FNO5S. The van der Waals surface area contributed by atoms with Crippen LogP contribution in [0.4, 0.5) is 9.18 Å². The zero-order valence-corrected chi connectivity index (χ0v) is 23.9. The minimum absolute atomic E-state index is 0.0643. The first-order valence-corrected chi connectivity index (χ1v) is 13.8. The third-order valence-electron chi connectivity index (χ3n) is 5.27. The summed E-state index contributed by atoms with van der Waals surface area (Å²) >= 11 is 16.5. The lowest BCUT2D eigenvalue weighted by Crippen LogP contribution is -2.32. The molecule has 2 amide bonds. The normalized spacial score (nSPS) is 14.3. The first kappa shape index (κ1) is 28.3. The van der Waals surface area contributed by atoms with E-state index >= 15 is 0 Å². The third-order valence-corrected chi connectivity index (χ3v) is 7.50. The maximum Gasteiger partial charge on any atom is 0.293 e. The Morgan fingerprint density at radius 3 is 2.47 bits per heavy atom. The van der Waals surface area contributed by atoms with E-state index in [1.807, 2.05) is 13.0 Å². The molecule has 0 spiro atoms. The lowest BCUT2D eigenvalue weighted by Gasteiger charge is -2.15.